The number of ether oxygens (including phenoxy) is 2. The van der Waals surface area contributed by atoms with Crippen molar-refractivity contribution in [2.45, 2.75) is 328 Å². The third-order valence-corrected chi connectivity index (χ3v) is 15.7. The molecule has 0 aliphatic heterocycles. The SMILES string of the molecule is CCCCCCC/C=C\C/C=C\C/C=C\CCCCCCCCCCC(=O)OC(COC(=O)CCCCCCCCCCCCCCCCCCCCCCCCCCCCCCC)COP(=O)(O)OCC[N+](C)(C)C. The number of carbonyl (C=O) groups is 2. The van der Waals surface area contributed by atoms with E-state index in [9.17, 15) is 19.0 Å². The van der Waals surface area contributed by atoms with Crippen LogP contribution in [0.2, 0.25) is 0 Å². The van der Waals surface area contributed by atoms with E-state index in [0.29, 0.717) is 23.9 Å². The van der Waals surface area contributed by atoms with E-state index in [-0.39, 0.29) is 25.6 Å². The van der Waals surface area contributed by atoms with Crippen LogP contribution in [0.4, 0.5) is 0 Å². The van der Waals surface area contributed by atoms with Gasteiger partial charge in [0.2, 0.25) is 0 Å². The summed E-state index contributed by atoms with van der Waals surface area (Å²) in [6, 6.07) is 0. The van der Waals surface area contributed by atoms with Gasteiger partial charge in [-0.05, 0) is 51.4 Å². The number of phosphoric ester groups is 1. The van der Waals surface area contributed by atoms with Gasteiger partial charge in [-0.15, -0.1) is 0 Å². The predicted octanol–water partition coefficient (Wildman–Crippen LogP) is 20.7. The number of nitrogens with zero attached hydrogens (tertiary/aromatic N) is 1. The molecule has 0 aromatic carbocycles. The lowest BCUT2D eigenvalue weighted by Crippen LogP contribution is -2.37. The van der Waals surface area contributed by atoms with E-state index in [0.717, 1.165) is 57.8 Å². The number of phosphoric acid groups is 1. The van der Waals surface area contributed by atoms with Gasteiger partial charge in [-0.1, -0.05) is 294 Å². The van der Waals surface area contributed by atoms with Crippen molar-refractivity contribution >= 4 is 19.8 Å². The highest BCUT2D eigenvalue weighted by molar-refractivity contribution is 7.47. The molecule has 0 heterocycles. The zero-order valence-corrected chi connectivity index (χ0v) is 51.9. The van der Waals surface area contributed by atoms with Crippen molar-refractivity contribution < 1.29 is 42.1 Å². The monoisotopic (exact) mass is 1090 g/mol. The Morgan fingerprint density at radius 3 is 1.05 bits per heavy atom. The van der Waals surface area contributed by atoms with E-state index in [2.05, 4.69) is 50.3 Å². The highest BCUT2D eigenvalue weighted by Gasteiger charge is 2.27. The lowest BCUT2D eigenvalue weighted by atomic mass is 10.0. The molecule has 10 heteroatoms. The summed E-state index contributed by atoms with van der Waals surface area (Å²) in [4.78, 5) is 35.8. The van der Waals surface area contributed by atoms with Crippen LogP contribution in [0.1, 0.15) is 322 Å². The van der Waals surface area contributed by atoms with E-state index in [1.165, 1.54) is 231 Å². The fourth-order valence-electron chi connectivity index (χ4n) is 9.61. The van der Waals surface area contributed by atoms with Crippen molar-refractivity contribution in [1.29, 1.82) is 0 Å². The summed E-state index contributed by atoms with van der Waals surface area (Å²) >= 11 is 0. The number of hydrogen-bond acceptors (Lipinski definition) is 7. The molecule has 0 spiro atoms. The van der Waals surface area contributed by atoms with Gasteiger partial charge in [0.1, 0.15) is 19.8 Å². The molecule has 0 bridgehead atoms. The van der Waals surface area contributed by atoms with Crippen LogP contribution < -0.4 is 0 Å². The lowest BCUT2D eigenvalue weighted by Gasteiger charge is -2.24. The Labute approximate surface area is 471 Å². The lowest BCUT2D eigenvalue weighted by molar-refractivity contribution is -0.870. The van der Waals surface area contributed by atoms with Crippen molar-refractivity contribution in [3.63, 3.8) is 0 Å². The maximum Gasteiger partial charge on any atom is 0.472 e. The highest BCUT2D eigenvalue weighted by Crippen LogP contribution is 2.43. The van der Waals surface area contributed by atoms with Gasteiger partial charge in [-0.3, -0.25) is 18.6 Å². The molecular formula is C66H127NO8P+. The first-order valence-electron chi connectivity index (χ1n) is 32.7. The van der Waals surface area contributed by atoms with Crippen molar-refractivity contribution in [3.05, 3.63) is 36.5 Å². The van der Waals surface area contributed by atoms with Crippen LogP contribution in [0.15, 0.2) is 36.5 Å². The van der Waals surface area contributed by atoms with E-state index in [4.69, 9.17) is 18.5 Å². The summed E-state index contributed by atoms with van der Waals surface area (Å²) in [7, 11) is 1.48. The number of unbranched alkanes of at least 4 members (excludes halogenated alkanes) is 41. The average molecular weight is 1090 g/mol. The Hall–Kier alpha value is -1.77. The molecule has 448 valence electrons. The molecule has 0 aliphatic rings. The van der Waals surface area contributed by atoms with E-state index < -0.39 is 26.5 Å². The molecule has 2 unspecified atom stereocenters. The second kappa shape index (κ2) is 57.9. The number of hydrogen-bond donors (Lipinski definition) is 1. The van der Waals surface area contributed by atoms with Crippen LogP contribution in [0, 0.1) is 0 Å². The largest absolute Gasteiger partial charge is 0.472 e. The minimum atomic E-state index is -4.39. The fourth-order valence-corrected chi connectivity index (χ4v) is 10.4. The van der Waals surface area contributed by atoms with Crippen LogP contribution in [-0.2, 0) is 32.7 Å². The molecule has 0 fully saturated rings. The van der Waals surface area contributed by atoms with Crippen molar-refractivity contribution in [1.82, 2.24) is 0 Å². The minimum Gasteiger partial charge on any atom is -0.462 e. The number of allylic oxidation sites excluding steroid dienone is 6. The Kier molecular flexibility index (Phi) is 56.6. The van der Waals surface area contributed by atoms with E-state index in [1.54, 1.807) is 0 Å². The standard InChI is InChI=1S/C66H126NO8P/c1-6-8-10-12-14-16-18-20-22-24-26-28-30-31-32-33-34-35-37-38-40-42-44-46-48-50-52-54-56-58-65(68)72-62-64(63-74-76(70,71)73-61-60-67(3,4)5)75-66(69)59-57-55-53-51-49-47-45-43-41-39-36-29-27-25-23-21-19-17-15-13-11-9-7-2/h19,21,25,27,36,39,64H,6-18,20,22-24,26,28-35,37-38,40-63H2,1-5H3/p+1/b21-19-,27-25-,39-36-. The third-order valence-electron chi connectivity index (χ3n) is 14.7. The van der Waals surface area contributed by atoms with E-state index in [1.807, 2.05) is 21.1 Å². The summed E-state index contributed by atoms with van der Waals surface area (Å²) in [5.41, 5.74) is 0. The van der Waals surface area contributed by atoms with Gasteiger partial charge in [-0.25, -0.2) is 4.57 Å². The minimum absolute atomic E-state index is 0.0315. The maximum atomic E-state index is 12.8. The van der Waals surface area contributed by atoms with Crippen molar-refractivity contribution in [2.75, 3.05) is 47.5 Å². The molecule has 2 atom stereocenters. The molecular weight excluding hydrogens is 966 g/mol. The molecule has 0 rings (SSSR count). The molecule has 0 radical (unpaired) electrons. The van der Waals surface area contributed by atoms with Gasteiger partial charge >= 0.3 is 19.8 Å². The topological polar surface area (TPSA) is 108 Å². The molecule has 0 aromatic rings. The van der Waals surface area contributed by atoms with Gasteiger partial charge in [0.05, 0.1) is 27.7 Å². The van der Waals surface area contributed by atoms with E-state index >= 15 is 0 Å². The maximum absolute atomic E-state index is 12.8. The average Bonchev–Trinajstić information content (AvgIpc) is 3.38. The number of esters is 2. The quantitative estimate of drug-likeness (QED) is 0.0211. The van der Waals surface area contributed by atoms with Gasteiger partial charge in [0.15, 0.2) is 6.10 Å². The molecule has 0 aliphatic carbocycles. The molecule has 0 saturated heterocycles. The van der Waals surface area contributed by atoms with Crippen LogP contribution in [0.3, 0.4) is 0 Å². The Bertz CT molecular complexity index is 1380. The number of carbonyl (C=O) groups excluding carboxylic acids is 2. The first kappa shape index (κ1) is 74.2. The summed E-state index contributed by atoms with van der Waals surface area (Å²) in [5, 5.41) is 0. The van der Waals surface area contributed by atoms with Gasteiger partial charge < -0.3 is 18.9 Å². The smallest absolute Gasteiger partial charge is 0.462 e. The number of rotatable bonds is 61. The molecule has 0 aromatic heterocycles. The normalized spacial score (nSPS) is 13.4. The fraction of sp³-hybridized carbons (Fsp3) is 0.879. The molecule has 9 nitrogen and oxygen atoms in total. The molecule has 1 N–H and O–H groups in total. The first-order chi connectivity index (χ1) is 37.0. The van der Waals surface area contributed by atoms with Crippen LogP contribution in [0.25, 0.3) is 0 Å². The zero-order chi connectivity index (χ0) is 55.6. The van der Waals surface area contributed by atoms with Crippen molar-refractivity contribution in [3.8, 4) is 0 Å². The Morgan fingerprint density at radius 1 is 0.408 bits per heavy atom. The van der Waals surface area contributed by atoms with Gasteiger partial charge in [-0.2, -0.15) is 0 Å². The Balaban J connectivity index is 4.05. The second-order valence-corrected chi connectivity index (χ2v) is 25.0. The summed E-state index contributed by atoms with van der Waals surface area (Å²) in [6.07, 6.45) is 72.4. The van der Waals surface area contributed by atoms with Crippen LogP contribution in [-0.4, -0.2) is 74.9 Å². The predicted molar refractivity (Wildman–Crippen MR) is 326 cm³/mol. The van der Waals surface area contributed by atoms with Crippen LogP contribution >= 0.6 is 7.82 Å². The summed E-state index contributed by atoms with van der Waals surface area (Å²) < 4.78 is 34.7. The highest BCUT2D eigenvalue weighted by atomic mass is 31.2. The summed E-state index contributed by atoms with van der Waals surface area (Å²) in [6.45, 7) is 4.47. The Morgan fingerprint density at radius 2 is 0.711 bits per heavy atom. The number of quaternary nitrogens is 1. The van der Waals surface area contributed by atoms with Gasteiger partial charge in [0.25, 0.3) is 0 Å². The third kappa shape index (κ3) is 61.4. The second-order valence-electron chi connectivity index (χ2n) is 23.5. The van der Waals surface area contributed by atoms with Crippen molar-refractivity contribution in [2.24, 2.45) is 0 Å². The molecule has 0 saturated carbocycles. The molecule has 0 amide bonds. The first-order valence-corrected chi connectivity index (χ1v) is 34.2. The van der Waals surface area contributed by atoms with Crippen LogP contribution in [0.5, 0.6) is 0 Å². The molecule has 76 heavy (non-hydrogen) atoms. The summed E-state index contributed by atoms with van der Waals surface area (Å²) in [5.74, 6) is -0.790. The number of likely N-dealkylation sites (N-methyl/N-ethyl adjacent to an activating group) is 1. The zero-order valence-electron chi connectivity index (χ0n) is 51.0. The van der Waals surface area contributed by atoms with Gasteiger partial charge in [0, 0.05) is 12.8 Å².